The molecule has 2 heterocycles. The first-order chi connectivity index (χ1) is 10.3. The number of rotatable bonds is 5. The number of nitrogens with zero attached hydrogens (tertiary/aromatic N) is 3. The Morgan fingerprint density at radius 1 is 1.33 bits per heavy atom. The molecular weight excluding hydrogens is 272 g/mol. The van der Waals surface area contributed by atoms with Crippen LogP contribution in [0, 0.1) is 0 Å². The first kappa shape index (κ1) is 14.5. The molecule has 7 heteroatoms. The molecule has 2 fully saturated rings. The van der Waals surface area contributed by atoms with E-state index in [0.717, 1.165) is 45.1 Å². The molecule has 1 unspecified atom stereocenters. The van der Waals surface area contributed by atoms with E-state index in [2.05, 4.69) is 15.5 Å². The second-order valence-electron chi connectivity index (χ2n) is 5.77. The number of carbonyl (C=O) groups is 1. The van der Waals surface area contributed by atoms with Crippen molar-refractivity contribution >= 4 is 5.91 Å². The van der Waals surface area contributed by atoms with E-state index in [1.807, 2.05) is 0 Å². The summed E-state index contributed by atoms with van der Waals surface area (Å²) in [6.45, 7) is 1.22. The zero-order valence-electron chi connectivity index (χ0n) is 12.1. The van der Waals surface area contributed by atoms with Gasteiger partial charge in [0.15, 0.2) is 0 Å². The summed E-state index contributed by atoms with van der Waals surface area (Å²) in [6, 6.07) is 0.257. The van der Waals surface area contributed by atoms with Crippen molar-refractivity contribution in [2.75, 3.05) is 19.7 Å². The summed E-state index contributed by atoms with van der Waals surface area (Å²) in [4.78, 5) is 18.5. The van der Waals surface area contributed by atoms with Gasteiger partial charge in [0, 0.05) is 12.6 Å². The van der Waals surface area contributed by atoms with E-state index >= 15 is 0 Å². The Labute approximate surface area is 123 Å². The number of nitrogens with one attached hydrogen (secondary N) is 1. The quantitative estimate of drug-likeness (QED) is 0.837. The Morgan fingerprint density at radius 3 is 2.81 bits per heavy atom. The van der Waals surface area contributed by atoms with Crippen molar-refractivity contribution < 1.29 is 14.4 Å². The van der Waals surface area contributed by atoms with Crippen molar-refractivity contribution in [1.82, 2.24) is 20.4 Å². The first-order valence-corrected chi connectivity index (χ1v) is 7.78. The molecule has 2 aliphatic rings. The van der Waals surface area contributed by atoms with Gasteiger partial charge >= 0.3 is 0 Å². The van der Waals surface area contributed by atoms with Crippen LogP contribution >= 0.6 is 0 Å². The molecule has 0 aromatic carbocycles. The van der Waals surface area contributed by atoms with Gasteiger partial charge in [-0.15, -0.1) is 0 Å². The maximum Gasteiger partial charge on any atom is 0.295 e. The van der Waals surface area contributed by atoms with Gasteiger partial charge in [0.2, 0.25) is 5.89 Å². The van der Waals surface area contributed by atoms with Crippen molar-refractivity contribution in [2.45, 2.75) is 50.6 Å². The molecule has 1 saturated heterocycles. The standard InChI is InChI=1S/C14H22N4O3/c19-9-8-18(10-4-1-2-5-10)14(20)12-16-13(21-17-12)11-6-3-7-15-11/h10-11,15,19H,1-9H2. The van der Waals surface area contributed by atoms with Crippen molar-refractivity contribution in [2.24, 2.45) is 0 Å². The minimum atomic E-state index is -0.232. The van der Waals surface area contributed by atoms with Gasteiger partial charge < -0.3 is 19.8 Å². The smallest absolute Gasteiger partial charge is 0.295 e. The maximum atomic E-state index is 12.6. The van der Waals surface area contributed by atoms with Gasteiger partial charge in [0.05, 0.1) is 12.6 Å². The van der Waals surface area contributed by atoms with Crippen LogP contribution in [0.4, 0.5) is 0 Å². The van der Waals surface area contributed by atoms with E-state index in [-0.39, 0.29) is 30.4 Å². The third-order valence-electron chi connectivity index (χ3n) is 4.36. The van der Waals surface area contributed by atoms with Crippen LogP contribution in [0.2, 0.25) is 0 Å². The Hall–Kier alpha value is -1.47. The van der Waals surface area contributed by atoms with Gasteiger partial charge in [-0.25, -0.2) is 0 Å². The molecule has 1 aromatic heterocycles. The number of aliphatic hydroxyl groups is 1. The molecule has 21 heavy (non-hydrogen) atoms. The Kier molecular flexibility index (Phi) is 4.50. The van der Waals surface area contributed by atoms with Gasteiger partial charge in [-0.2, -0.15) is 4.98 Å². The summed E-state index contributed by atoms with van der Waals surface area (Å²) in [5, 5.41) is 16.3. The van der Waals surface area contributed by atoms with Crippen molar-refractivity contribution in [1.29, 1.82) is 0 Å². The second kappa shape index (κ2) is 6.53. The lowest BCUT2D eigenvalue weighted by molar-refractivity contribution is 0.0622. The first-order valence-electron chi connectivity index (χ1n) is 7.78. The zero-order valence-corrected chi connectivity index (χ0v) is 12.1. The number of hydrogen-bond acceptors (Lipinski definition) is 6. The van der Waals surface area contributed by atoms with Crippen LogP contribution in [-0.2, 0) is 0 Å². The van der Waals surface area contributed by atoms with Gasteiger partial charge in [-0.3, -0.25) is 4.79 Å². The van der Waals surface area contributed by atoms with Crippen molar-refractivity contribution in [3.05, 3.63) is 11.7 Å². The minimum absolute atomic E-state index is 0.0445. The highest BCUT2D eigenvalue weighted by molar-refractivity contribution is 5.90. The third-order valence-corrected chi connectivity index (χ3v) is 4.36. The highest BCUT2D eigenvalue weighted by atomic mass is 16.5. The topological polar surface area (TPSA) is 91.5 Å². The van der Waals surface area contributed by atoms with Gasteiger partial charge in [0.25, 0.3) is 11.7 Å². The molecule has 0 bridgehead atoms. The second-order valence-corrected chi connectivity index (χ2v) is 5.77. The van der Waals surface area contributed by atoms with Crippen LogP contribution in [0.15, 0.2) is 4.52 Å². The molecule has 0 radical (unpaired) electrons. The average Bonchev–Trinajstić information content (AvgIpc) is 3.25. The van der Waals surface area contributed by atoms with Crippen molar-refractivity contribution in [3.63, 3.8) is 0 Å². The summed E-state index contributed by atoms with van der Waals surface area (Å²) in [7, 11) is 0. The molecule has 2 N–H and O–H groups in total. The highest BCUT2D eigenvalue weighted by Gasteiger charge is 2.31. The summed E-state index contributed by atoms with van der Waals surface area (Å²) < 4.78 is 5.23. The molecule has 1 amide bonds. The molecule has 7 nitrogen and oxygen atoms in total. The fraction of sp³-hybridized carbons (Fsp3) is 0.786. The van der Waals surface area contributed by atoms with Crippen LogP contribution in [-0.4, -0.2) is 51.8 Å². The van der Waals surface area contributed by atoms with Crippen LogP contribution in [0.1, 0.15) is 61.1 Å². The fourth-order valence-electron chi connectivity index (χ4n) is 3.26. The third kappa shape index (κ3) is 3.08. The monoisotopic (exact) mass is 294 g/mol. The molecule has 0 spiro atoms. The Morgan fingerprint density at radius 2 is 2.14 bits per heavy atom. The molecule has 1 aliphatic heterocycles. The summed E-state index contributed by atoms with van der Waals surface area (Å²) in [6.07, 6.45) is 6.27. The van der Waals surface area contributed by atoms with Gasteiger partial charge in [0.1, 0.15) is 0 Å². The van der Waals surface area contributed by atoms with Crippen LogP contribution in [0.25, 0.3) is 0 Å². The van der Waals surface area contributed by atoms with E-state index in [9.17, 15) is 9.90 Å². The number of aromatic nitrogens is 2. The molecular formula is C14H22N4O3. The zero-order chi connectivity index (χ0) is 14.7. The van der Waals surface area contributed by atoms with E-state index in [1.165, 1.54) is 0 Å². The van der Waals surface area contributed by atoms with E-state index in [1.54, 1.807) is 4.90 Å². The number of carbonyl (C=O) groups excluding carboxylic acids is 1. The molecule has 1 atom stereocenters. The SMILES string of the molecule is O=C(c1noc(C2CCCN2)n1)N(CCO)C1CCCC1. The normalized spacial score (nSPS) is 22.8. The van der Waals surface area contributed by atoms with E-state index in [4.69, 9.17) is 4.52 Å². The Balaban J connectivity index is 1.72. The molecule has 1 aromatic rings. The lowest BCUT2D eigenvalue weighted by Crippen LogP contribution is -2.41. The summed E-state index contributed by atoms with van der Waals surface area (Å²) in [5.41, 5.74) is 0. The van der Waals surface area contributed by atoms with Crippen molar-refractivity contribution in [3.8, 4) is 0 Å². The predicted molar refractivity (Wildman–Crippen MR) is 74.7 cm³/mol. The number of hydrogen-bond donors (Lipinski definition) is 2. The lowest BCUT2D eigenvalue weighted by Gasteiger charge is -2.26. The minimum Gasteiger partial charge on any atom is -0.395 e. The van der Waals surface area contributed by atoms with Crippen LogP contribution in [0.3, 0.4) is 0 Å². The van der Waals surface area contributed by atoms with Gasteiger partial charge in [-0.05, 0) is 32.2 Å². The largest absolute Gasteiger partial charge is 0.395 e. The fourth-order valence-corrected chi connectivity index (χ4v) is 3.26. The maximum absolute atomic E-state index is 12.6. The van der Waals surface area contributed by atoms with Gasteiger partial charge in [-0.1, -0.05) is 18.0 Å². The molecule has 1 saturated carbocycles. The van der Waals surface area contributed by atoms with Crippen LogP contribution in [0.5, 0.6) is 0 Å². The summed E-state index contributed by atoms with van der Waals surface area (Å²) >= 11 is 0. The molecule has 116 valence electrons. The average molecular weight is 294 g/mol. The predicted octanol–water partition coefficient (Wildman–Crippen LogP) is 0.871. The van der Waals surface area contributed by atoms with Crippen LogP contribution < -0.4 is 5.32 Å². The molecule has 3 rings (SSSR count). The number of amides is 1. The molecule has 1 aliphatic carbocycles. The summed E-state index contributed by atoms with van der Waals surface area (Å²) in [5.74, 6) is 0.370. The Bertz CT molecular complexity index is 478. The number of aliphatic hydroxyl groups excluding tert-OH is 1. The highest BCUT2D eigenvalue weighted by Crippen LogP contribution is 2.25. The lowest BCUT2D eigenvalue weighted by atomic mass is 10.2. The van der Waals surface area contributed by atoms with E-state index in [0.29, 0.717) is 12.4 Å². The van der Waals surface area contributed by atoms with E-state index < -0.39 is 0 Å².